The molecule has 0 bridgehead atoms. The Kier molecular flexibility index (Phi) is 4.50. The Morgan fingerprint density at radius 1 is 1.33 bits per heavy atom. The molecule has 15 heavy (non-hydrogen) atoms. The number of hydrogen-bond donors (Lipinski definition) is 0. The Hall–Kier alpha value is -2.26. The molecule has 3 heteroatoms. The molecule has 0 heterocycles. The summed E-state index contributed by atoms with van der Waals surface area (Å²) in [5, 5.41) is 8.30. The molecule has 0 saturated heterocycles. The van der Waals surface area contributed by atoms with Crippen LogP contribution in [-0.4, -0.2) is 12.9 Å². The van der Waals surface area contributed by atoms with E-state index in [2.05, 4.69) is 11.8 Å². The maximum atomic E-state index is 9.99. The second-order valence-corrected chi connectivity index (χ2v) is 2.67. The number of nitrogens with zero attached hydrogens (tertiary/aromatic N) is 1. The lowest BCUT2D eigenvalue weighted by molar-refractivity contribution is -0.103. The molecule has 74 valence electrons. The molecule has 0 aliphatic rings. The van der Waals surface area contributed by atoms with E-state index in [9.17, 15) is 4.79 Å². The van der Waals surface area contributed by atoms with E-state index in [4.69, 9.17) is 10.00 Å². The number of carbonyl (C=O) groups excluding carboxylic acids is 1. The highest BCUT2D eigenvalue weighted by molar-refractivity contribution is 5.73. The first-order chi connectivity index (χ1) is 7.36. The van der Waals surface area contributed by atoms with Gasteiger partial charge < -0.3 is 4.74 Å². The zero-order valence-corrected chi connectivity index (χ0v) is 8.06. The van der Waals surface area contributed by atoms with Gasteiger partial charge in [-0.2, -0.15) is 5.26 Å². The molecule has 0 aliphatic carbocycles. The third-order valence-electron chi connectivity index (χ3n) is 1.61. The molecule has 0 unspecified atom stereocenters. The van der Waals surface area contributed by atoms with Crippen LogP contribution in [0.2, 0.25) is 0 Å². The largest absolute Gasteiger partial charge is 0.493 e. The van der Waals surface area contributed by atoms with Gasteiger partial charge in [-0.15, -0.1) is 0 Å². The SMILES string of the molecule is N#CCCOc1ccc(C#CC=O)cc1. The van der Waals surface area contributed by atoms with Crippen LogP contribution in [-0.2, 0) is 4.79 Å². The van der Waals surface area contributed by atoms with Gasteiger partial charge in [0.25, 0.3) is 0 Å². The third-order valence-corrected chi connectivity index (χ3v) is 1.61. The van der Waals surface area contributed by atoms with E-state index < -0.39 is 0 Å². The molecule has 0 saturated carbocycles. The second kappa shape index (κ2) is 6.23. The molecule has 1 aromatic rings. The van der Waals surface area contributed by atoms with Crippen molar-refractivity contribution in [3.05, 3.63) is 29.8 Å². The molecule has 0 amide bonds. The average molecular weight is 199 g/mol. The van der Waals surface area contributed by atoms with Crippen molar-refractivity contribution in [2.75, 3.05) is 6.61 Å². The van der Waals surface area contributed by atoms with Crippen LogP contribution in [0.25, 0.3) is 0 Å². The van der Waals surface area contributed by atoms with Crippen molar-refractivity contribution in [2.24, 2.45) is 0 Å². The van der Waals surface area contributed by atoms with E-state index in [-0.39, 0.29) is 0 Å². The van der Waals surface area contributed by atoms with E-state index in [1.165, 1.54) is 0 Å². The summed E-state index contributed by atoms with van der Waals surface area (Å²) >= 11 is 0. The van der Waals surface area contributed by atoms with E-state index in [1.54, 1.807) is 24.3 Å². The zero-order valence-electron chi connectivity index (χ0n) is 8.06. The predicted molar refractivity (Wildman–Crippen MR) is 55.1 cm³/mol. The van der Waals surface area contributed by atoms with Crippen LogP contribution in [0.15, 0.2) is 24.3 Å². The number of hydrogen-bond acceptors (Lipinski definition) is 3. The highest BCUT2D eigenvalue weighted by Crippen LogP contribution is 2.11. The Balaban J connectivity index is 2.57. The maximum absolute atomic E-state index is 9.99. The topological polar surface area (TPSA) is 50.1 Å². The first kappa shape index (κ1) is 10.8. The second-order valence-electron chi connectivity index (χ2n) is 2.67. The maximum Gasteiger partial charge on any atom is 0.193 e. The van der Waals surface area contributed by atoms with Crippen LogP contribution in [0.3, 0.4) is 0 Å². The van der Waals surface area contributed by atoms with Crippen LogP contribution in [0.1, 0.15) is 12.0 Å². The predicted octanol–water partition coefficient (Wildman–Crippen LogP) is 1.53. The fourth-order valence-electron chi connectivity index (χ4n) is 0.962. The number of carbonyl (C=O) groups is 1. The molecule has 3 nitrogen and oxygen atoms in total. The van der Waals surface area contributed by atoms with Crippen molar-refractivity contribution < 1.29 is 9.53 Å². The minimum atomic E-state index is 0.368. The standard InChI is InChI=1S/C12H9NO2/c13-8-2-10-15-12-6-4-11(5-7-12)3-1-9-14/h4-7,9H,2,10H2. The lowest BCUT2D eigenvalue weighted by Crippen LogP contribution is -1.95. The van der Waals surface area contributed by atoms with Crippen molar-refractivity contribution in [1.29, 1.82) is 5.26 Å². The van der Waals surface area contributed by atoms with Crippen molar-refractivity contribution in [2.45, 2.75) is 6.42 Å². The van der Waals surface area contributed by atoms with Gasteiger partial charge in [0.15, 0.2) is 6.29 Å². The van der Waals surface area contributed by atoms with Gasteiger partial charge in [0.1, 0.15) is 12.4 Å². The van der Waals surface area contributed by atoms with E-state index >= 15 is 0 Å². The van der Waals surface area contributed by atoms with Crippen molar-refractivity contribution in [1.82, 2.24) is 0 Å². The van der Waals surface area contributed by atoms with E-state index in [0.29, 0.717) is 25.1 Å². The van der Waals surface area contributed by atoms with Crippen molar-refractivity contribution >= 4 is 6.29 Å². The summed E-state index contributed by atoms with van der Waals surface area (Å²) in [5.41, 5.74) is 0.759. The molecule has 0 radical (unpaired) electrons. The Labute approximate surface area is 88.3 Å². The summed E-state index contributed by atoms with van der Waals surface area (Å²) in [6.07, 6.45) is 0.921. The van der Waals surface area contributed by atoms with Gasteiger partial charge in [-0.05, 0) is 30.2 Å². The van der Waals surface area contributed by atoms with E-state index in [0.717, 1.165) is 5.56 Å². The van der Waals surface area contributed by atoms with Crippen molar-refractivity contribution in [3.63, 3.8) is 0 Å². The summed E-state index contributed by atoms with van der Waals surface area (Å²) < 4.78 is 5.27. The average Bonchev–Trinajstić information content (AvgIpc) is 2.28. The van der Waals surface area contributed by atoms with Crippen molar-refractivity contribution in [3.8, 4) is 23.7 Å². The fourth-order valence-corrected chi connectivity index (χ4v) is 0.962. The normalized spacial score (nSPS) is 8.20. The molecule has 0 spiro atoms. The van der Waals surface area contributed by atoms with Crippen LogP contribution < -0.4 is 4.74 Å². The molecule has 0 aliphatic heterocycles. The third kappa shape index (κ3) is 3.97. The first-order valence-electron chi connectivity index (χ1n) is 4.42. The molecule has 0 N–H and O–H groups in total. The van der Waals surface area contributed by atoms with Crippen LogP contribution in [0.4, 0.5) is 0 Å². The number of benzene rings is 1. The molecule has 1 rings (SSSR count). The minimum absolute atomic E-state index is 0.368. The number of rotatable bonds is 3. The zero-order chi connectivity index (χ0) is 10.9. The van der Waals surface area contributed by atoms with Crippen LogP contribution in [0, 0.1) is 23.2 Å². The summed E-state index contributed by atoms with van der Waals surface area (Å²) in [6.45, 7) is 0.385. The Morgan fingerprint density at radius 3 is 2.67 bits per heavy atom. The van der Waals surface area contributed by atoms with Gasteiger partial charge in [-0.25, -0.2) is 0 Å². The van der Waals surface area contributed by atoms with Gasteiger partial charge in [0, 0.05) is 5.56 Å². The lowest BCUT2D eigenvalue weighted by Gasteiger charge is -2.02. The van der Waals surface area contributed by atoms with Gasteiger partial charge >= 0.3 is 0 Å². The monoisotopic (exact) mass is 199 g/mol. The van der Waals surface area contributed by atoms with Gasteiger partial charge in [0.2, 0.25) is 0 Å². The number of aldehydes is 1. The molecule has 0 fully saturated rings. The summed E-state index contributed by atoms with van der Waals surface area (Å²) in [6, 6.07) is 9.03. The van der Waals surface area contributed by atoms with Gasteiger partial charge in [-0.1, -0.05) is 5.92 Å². The highest BCUT2D eigenvalue weighted by atomic mass is 16.5. The summed E-state index contributed by atoms with van der Waals surface area (Å²) in [7, 11) is 0. The molecule has 0 aromatic heterocycles. The number of ether oxygens (including phenoxy) is 1. The van der Waals surface area contributed by atoms with E-state index in [1.807, 2.05) is 6.07 Å². The Bertz CT molecular complexity index is 418. The fraction of sp³-hybridized carbons (Fsp3) is 0.167. The summed E-state index contributed by atoms with van der Waals surface area (Å²) in [5.74, 6) is 5.68. The molecular weight excluding hydrogens is 190 g/mol. The number of nitriles is 1. The molecule has 0 atom stereocenters. The molecule has 1 aromatic carbocycles. The smallest absolute Gasteiger partial charge is 0.193 e. The van der Waals surface area contributed by atoms with Gasteiger partial charge in [0.05, 0.1) is 12.5 Å². The van der Waals surface area contributed by atoms with Gasteiger partial charge in [-0.3, -0.25) is 4.79 Å². The Morgan fingerprint density at radius 2 is 2.07 bits per heavy atom. The highest BCUT2D eigenvalue weighted by Gasteiger charge is 1.92. The first-order valence-corrected chi connectivity index (χ1v) is 4.42. The molecular formula is C12H9NO2. The van der Waals surface area contributed by atoms with Crippen LogP contribution in [0.5, 0.6) is 5.75 Å². The minimum Gasteiger partial charge on any atom is -0.493 e. The van der Waals surface area contributed by atoms with Crippen LogP contribution >= 0.6 is 0 Å². The lowest BCUT2D eigenvalue weighted by atomic mass is 10.2. The summed E-state index contributed by atoms with van der Waals surface area (Å²) in [4.78, 5) is 9.99. The quantitative estimate of drug-likeness (QED) is 0.421.